The van der Waals surface area contributed by atoms with Gasteiger partial charge in [-0.15, -0.1) is 6.58 Å². The Labute approximate surface area is 271 Å². The highest BCUT2D eigenvalue weighted by Crippen LogP contribution is 2.71. The van der Waals surface area contributed by atoms with Crippen LogP contribution in [0.2, 0.25) is 0 Å². The summed E-state index contributed by atoms with van der Waals surface area (Å²) in [5, 5.41) is 10.4. The maximum atomic E-state index is 14.1. The highest BCUT2D eigenvalue weighted by atomic mass is 16.6. The van der Waals surface area contributed by atoms with Crippen LogP contribution in [-0.2, 0) is 35.3 Å². The maximum absolute atomic E-state index is 14.1. The number of aromatic nitrogens is 1. The van der Waals surface area contributed by atoms with Crippen LogP contribution in [0.5, 0.6) is 0 Å². The van der Waals surface area contributed by atoms with Gasteiger partial charge in [-0.3, -0.25) is 29.0 Å². The van der Waals surface area contributed by atoms with Crippen molar-refractivity contribution in [1.29, 1.82) is 0 Å². The third-order valence-electron chi connectivity index (χ3n) is 8.81. The van der Waals surface area contributed by atoms with Crippen molar-refractivity contribution >= 4 is 35.4 Å². The molecule has 3 rings (SSSR count). The van der Waals surface area contributed by atoms with Crippen molar-refractivity contribution < 1.29 is 33.5 Å². The van der Waals surface area contributed by atoms with Crippen molar-refractivity contribution in [2.75, 3.05) is 6.54 Å². The zero-order valence-electron chi connectivity index (χ0n) is 28.2. The second kappa shape index (κ2) is 14.1. The van der Waals surface area contributed by atoms with Crippen molar-refractivity contribution in [3.63, 3.8) is 0 Å². The van der Waals surface area contributed by atoms with E-state index in [1.165, 1.54) is 6.08 Å². The van der Waals surface area contributed by atoms with Crippen molar-refractivity contribution in [3.8, 4) is 0 Å². The minimum Gasteiger partial charge on any atom is -0.444 e. The molecule has 4 N–H and O–H groups in total. The molecular weight excluding hydrogens is 590 g/mol. The number of alkyl carbamates (subject to hydrolysis) is 1. The predicted molar refractivity (Wildman–Crippen MR) is 171 cm³/mol. The Hall–Kier alpha value is -4.09. The lowest BCUT2D eigenvalue weighted by molar-refractivity contribution is -0.142. The average molecular weight is 640 g/mol. The van der Waals surface area contributed by atoms with E-state index in [1.54, 1.807) is 45.2 Å². The van der Waals surface area contributed by atoms with E-state index >= 15 is 0 Å². The van der Waals surface area contributed by atoms with E-state index in [9.17, 15) is 28.8 Å². The first-order valence-electron chi connectivity index (χ1n) is 15.7. The molecule has 0 bridgehead atoms. The van der Waals surface area contributed by atoms with Crippen LogP contribution in [-0.4, -0.2) is 64.6 Å². The van der Waals surface area contributed by atoms with Crippen LogP contribution < -0.4 is 21.3 Å². The largest absolute Gasteiger partial charge is 0.444 e. The number of nitrogens with one attached hydrogen (secondary N) is 4. The van der Waals surface area contributed by atoms with Crippen molar-refractivity contribution in [1.82, 2.24) is 26.3 Å². The van der Waals surface area contributed by atoms with Crippen molar-refractivity contribution in [3.05, 3.63) is 42.7 Å². The second-order valence-electron chi connectivity index (χ2n) is 14.9. The Morgan fingerprint density at radius 3 is 2.28 bits per heavy atom. The zero-order valence-corrected chi connectivity index (χ0v) is 28.2. The summed E-state index contributed by atoms with van der Waals surface area (Å²) >= 11 is 0. The number of amides is 4. The monoisotopic (exact) mass is 639 g/mol. The third-order valence-corrected chi connectivity index (χ3v) is 8.81. The van der Waals surface area contributed by atoms with Gasteiger partial charge in [0.25, 0.3) is 5.91 Å². The molecule has 12 heteroatoms. The summed E-state index contributed by atoms with van der Waals surface area (Å²) in [6.07, 6.45) is 2.71. The molecule has 12 nitrogen and oxygen atoms in total. The fourth-order valence-corrected chi connectivity index (χ4v) is 6.44. The molecule has 0 aromatic carbocycles. The third kappa shape index (κ3) is 9.01. The smallest absolute Gasteiger partial charge is 0.408 e. The molecule has 1 aromatic rings. The van der Waals surface area contributed by atoms with Gasteiger partial charge in [-0.1, -0.05) is 46.8 Å². The topological polar surface area (TPSA) is 173 Å². The number of fused-ring (bicyclic) bond motifs is 1. The molecule has 2 fully saturated rings. The molecule has 2 unspecified atom stereocenters. The first kappa shape index (κ1) is 36.4. The summed E-state index contributed by atoms with van der Waals surface area (Å²) in [5.41, 5.74) is -1.00. The van der Waals surface area contributed by atoms with E-state index in [2.05, 4.69) is 32.8 Å². The fraction of sp³-hybridized carbons (Fsp3) is 0.618. The van der Waals surface area contributed by atoms with Crippen LogP contribution in [0.25, 0.3) is 0 Å². The lowest BCUT2D eigenvalue weighted by atomic mass is 9.74. The van der Waals surface area contributed by atoms with E-state index in [-0.39, 0.29) is 36.0 Å². The van der Waals surface area contributed by atoms with Crippen LogP contribution in [0.1, 0.15) is 73.9 Å². The Morgan fingerprint density at radius 2 is 1.72 bits per heavy atom. The van der Waals surface area contributed by atoms with E-state index in [4.69, 9.17) is 4.74 Å². The number of hydrogen-bond donors (Lipinski definition) is 4. The van der Waals surface area contributed by atoms with Crippen LogP contribution >= 0.6 is 0 Å². The summed E-state index contributed by atoms with van der Waals surface area (Å²) in [4.78, 5) is 82.9. The number of hydrogen-bond acceptors (Lipinski definition) is 8. The average Bonchev–Trinajstić information content (AvgIpc) is 3.27. The lowest BCUT2D eigenvalue weighted by Crippen LogP contribution is -2.55. The van der Waals surface area contributed by atoms with Crippen molar-refractivity contribution in [2.24, 2.45) is 34.5 Å². The van der Waals surface area contributed by atoms with Gasteiger partial charge in [0.05, 0.1) is 30.7 Å². The summed E-state index contributed by atoms with van der Waals surface area (Å²) in [7, 11) is 0. The van der Waals surface area contributed by atoms with Gasteiger partial charge in [0.1, 0.15) is 11.6 Å². The maximum Gasteiger partial charge on any atom is 0.408 e. The van der Waals surface area contributed by atoms with Gasteiger partial charge in [0.2, 0.25) is 17.6 Å². The van der Waals surface area contributed by atoms with Crippen LogP contribution in [0.3, 0.4) is 0 Å². The molecule has 46 heavy (non-hydrogen) atoms. The first-order valence-corrected chi connectivity index (χ1v) is 15.7. The molecule has 4 amide bonds. The minimum atomic E-state index is -1.24. The highest BCUT2D eigenvalue weighted by molar-refractivity contribution is 6.38. The number of rotatable bonds is 13. The van der Waals surface area contributed by atoms with E-state index in [0.29, 0.717) is 12.1 Å². The summed E-state index contributed by atoms with van der Waals surface area (Å²) < 4.78 is 5.42. The SMILES string of the molecule is C=CCC(NC(=O)[C@H]1C(C(=O)[C@@H](NC(=O)OC(C)(C)C)C(C)(C)C)C[C@H]2[C@@H]1C2(C)C)C(=O)C(=O)NCC(=O)NCc1ccccn1. The van der Waals surface area contributed by atoms with E-state index in [1.807, 2.05) is 34.6 Å². The second-order valence-corrected chi connectivity index (χ2v) is 14.9. The standard InChI is InChI=1S/C34H49N5O7/c1-10-13-22(27(42)30(44)37-18-23(40)36-17-19-14-11-12-15-35-19)38-29(43)24-20(16-21-25(24)34(21,8)9)26(41)28(32(2,3)4)39-31(45)46-33(5,6)7/h10-12,14-15,20-22,24-25,28H,1,13,16-18H2,2-9H3,(H,36,40)(H,37,44)(H,38,43)(H,39,45)/t20?,21-,22?,24-,25-,28+/m0/s1. The van der Waals surface area contributed by atoms with Gasteiger partial charge in [0, 0.05) is 12.1 Å². The molecule has 0 radical (unpaired) electrons. The van der Waals surface area contributed by atoms with Gasteiger partial charge in [-0.25, -0.2) is 4.79 Å². The van der Waals surface area contributed by atoms with Crippen LogP contribution in [0.4, 0.5) is 4.79 Å². The molecule has 252 valence electrons. The predicted octanol–water partition coefficient (Wildman–Crippen LogP) is 2.86. The molecule has 0 spiro atoms. The lowest BCUT2D eigenvalue weighted by Gasteiger charge is -2.35. The molecule has 2 saturated carbocycles. The number of carbonyl (C=O) groups is 6. The summed E-state index contributed by atoms with van der Waals surface area (Å²) in [5.74, 6) is -4.74. The van der Waals surface area contributed by atoms with Gasteiger partial charge in [0.15, 0.2) is 5.78 Å². The molecule has 0 aliphatic heterocycles. The normalized spacial score (nSPS) is 22.7. The first-order chi connectivity index (χ1) is 21.3. The number of carbonyl (C=O) groups excluding carboxylic acids is 6. The number of Topliss-reactive ketones (excluding diaryl/α,β-unsaturated/α-hetero) is 2. The zero-order chi connectivity index (χ0) is 34.6. The summed E-state index contributed by atoms with van der Waals surface area (Å²) in [6, 6.07) is 3.09. The Balaban J connectivity index is 1.70. The van der Waals surface area contributed by atoms with Crippen LogP contribution in [0, 0.1) is 34.5 Å². The molecular formula is C34H49N5O7. The molecule has 1 heterocycles. The molecule has 6 atom stereocenters. The van der Waals surface area contributed by atoms with E-state index < -0.39 is 71.1 Å². The van der Waals surface area contributed by atoms with Crippen molar-refractivity contribution in [2.45, 2.75) is 92.5 Å². The van der Waals surface area contributed by atoms with Gasteiger partial charge in [-0.2, -0.15) is 0 Å². The number of nitrogens with zero attached hydrogens (tertiary/aromatic N) is 1. The number of ether oxygens (including phenoxy) is 1. The molecule has 0 saturated heterocycles. The summed E-state index contributed by atoms with van der Waals surface area (Å²) in [6.45, 7) is 18.1. The highest BCUT2D eigenvalue weighted by Gasteiger charge is 2.70. The van der Waals surface area contributed by atoms with Gasteiger partial charge < -0.3 is 26.0 Å². The van der Waals surface area contributed by atoms with Gasteiger partial charge in [-0.05, 0) is 68.4 Å². The fourth-order valence-electron chi connectivity index (χ4n) is 6.44. The van der Waals surface area contributed by atoms with Gasteiger partial charge >= 0.3 is 6.09 Å². The Bertz CT molecular complexity index is 1350. The van der Waals surface area contributed by atoms with E-state index in [0.717, 1.165) is 0 Å². The number of pyridine rings is 1. The number of ketones is 2. The Kier molecular flexibility index (Phi) is 11.2. The quantitative estimate of drug-likeness (QED) is 0.188. The van der Waals surface area contributed by atoms with Crippen LogP contribution in [0.15, 0.2) is 37.1 Å². The molecule has 1 aromatic heterocycles. The molecule has 2 aliphatic rings. The minimum absolute atomic E-state index is 0.0303. The molecule has 2 aliphatic carbocycles. The Morgan fingerprint density at radius 1 is 1.04 bits per heavy atom.